The lowest BCUT2D eigenvalue weighted by atomic mass is 9.94. The van der Waals surface area contributed by atoms with Crippen molar-refractivity contribution in [3.8, 4) is 23.1 Å². The number of amides is 1. The molecule has 3 N–H and O–H groups in total. The molecule has 0 bridgehead atoms. The summed E-state index contributed by atoms with van der Waals surface area (Å²) in [5, 5.41) is 16.8. The molecule has 18 heteroatoms. The normalized spacial score (nSPS) is 17.1. The van der Waals surface area contributed by atoms with Crippen molar-refractivity contribution in [2.75, 3.05) is 11.0 Å². The fourth-order valence-electron chi connectivity index (χ4n) is 6.92. The van der Waals surface area contributed by atoms with Crippen molar-refractivity contribution >= 4 is 27.3 Å². The van der Waals surface area contributed by atoms with Crippen LogP contribution >= 0.6 is 0 Å². The first-order valence-electron chi connectivity index (χ1n) is 17.3. The molecule has 0 spiro atoms. The van der Waals surface area contributed by atoms with E-state index in [1.165, 1.54) is 33.8 Å². The molecule has 0 radical (unpaired) electrons. The van der Waals surface area contributed by atoms with Crippen LogP contribution in [0.4, 0.5) is 32.2 Å². The SMILES string of the molecule is Cc1nc(NS(C)(=O)=O)c2cccc(-c3ccc(C#CC(C)(C)O)nc3[C@H](Cc3cc(F)cc(F)c3)NC(=O)Cn3nc(C(F)F)c4c3C(F)(F)[C@H](C)[C@@H]4C)n12. The van der Waals surface area contributed by atoms with Gasteiger partial charge in [0.2, 0.25) is 15.9 Å². The zero-order chi connectivity index (χ0) is 41.1. The molecule has 3 atom stereocenters. The zero-order valence-electron chi connectivity index (χ0n) is 30.9. The lowest BCUT2D eigenvalue weighted by Crippen LogP contribution is -2.35. The second-order valence-corrected chi connectivity index (χ2v) is 16.1. The summed E-state index contributed by atoms with van der Waals surface area (Å²) in [5.74, 6) is -3.01. The molecule has 4 heterocycles. The van der Waals surface area contributed by atoms with Crippen molar-refractivity contribution in [2.24, 2.45) is 5.92 Å². The molecular weight excluding hydrogens is 765 g/mol. The topological polar surface area (TPSA) is 144 Å². The maximum absolute atomic E-state index is 15.6. The Balaban J connectivity index is 1.53. The molecule has 5 aromatic rings. The Labute approximate surface area is 318 Å². The number of carbonyl (C=O) groups excluding carboxylic acids is 1. The second kappa shape index (κ2) is 14.6. The number of halogens is 6. The van der Waals surface area contributed by atoms with Gasteiger partial charge in [-0.15, -0.1) is 0 Å². The van der Waals surface area contributed by atoms with E-state index in [2.05, 4.69) is 32.0 Å². The quantitative estimate of drug-likeness (QED) is 0.107. The fraction of sp³-hybridized carbons (Fsp3) is 0.368. The van der Waals surface area contributed by atoms with Gasteiger partial charge in [-0.05, 0) is 81.0 Å². The minimum atomic E-state index is -3.76. The van der Waals surface area contributed by atoms with Crippen LogP contribution in [0.15, 0.2) is 48.5 Å². The highest BCUT2D eigenvalue weighted by Gasteiger charge is 2.55. The first-order chi connectivity index (χ1) is 26.0. The summed E-state index contributed by atoms with van der Waals surface area (Å²) in [6.45, 7) is 6.18. The number of pyridine rings is 2. The Morgan fingerprint density at radius 2 is 1.73 bits per heavy atom. The second-order valence-electron chi connectivity index (χ2n) is 14.4. The van der Waals surface area contributed by atoms with Crippen molar-refractivity contribution in [1.82, 2.24) is 29.5 Å². The van der Waals surface area contributed by atoms with Gasteiger partial charge in [0, 0.05) is 23.1 Å². The number of benzene rings is 1. The number of aryl methyl sites for hydroxylation is 1. The number of nitrogens with one attached hydrogen (secondary N) is 2. The van der Waals surface area contributed by atoms with Gasteiger partial charge in [0.05, 0.1) is 29.2 Å². The number of hydrogen-bond acceptors (Lipinski definition) is 7. The summed E-state index contributed by atoms with van der Waals surface area (Å²) in [6.07, 6.45) is -2.57. The van der Waals surface area contributed by atoms with Crippen LogP contribution in [0.5, 0.6) is 0 Å². The smallest absolute Gasteiger partial charge is 0.292 e. The summed E-state index contributed by atoms with van der Waals surface area (Å²) in [4.78, 5) is 23.0. The molecule has 6 rings (SSSR count). The van der Waals surface area contributed by atoms with E-state index < -0.39 is 81.3 Å². The fourth-order valence-corrected chi connectivity index (χ4v) is 7.42. The molecular formula is C38H37F6N7O4S. The highest BCUT2D eigenvalue weighted by Crippen LogP contribution is 2.54. The number of hydrogen-bond donors (Lipinski definition) is 3. The number of imidazole rings is 1. The molecule has 0 saturated carbocycles. The van der Waals surface area contributed by atoms with Gasteiger partial charge in [0.25, 0.3) is 12.3 Å². The van der Waals surface area contributed by atoms with Crippen LogP contribution in [0.2, 0.25) is 0 Å². The molecule has 296 valence electrons. The van der Waals surface area contributed by atoms with Gasteiger partial charge in [-0.25, -0.2) is 35.9 Å². The molecule has 1 aliphatic rings. The summed E-state index contributed by atoms with van der Waals surface area (Å²) < 4.78 is 117. The number of sulfonamides is 1. The van der Waals surface area contributed by atoms with Crippen LogP contribution in [-0.2, 0) is 33.7 Å². The van der Waals surface area contributed by atoms with Crippen molar-refractivity contribution in [1.29, 1.82) is 0 Å². The average molecular weight is 802 g/mol. The summed E-state index contributed by atoms with van der Waals surface area (Å²) in [6, 6.07) is 9.38. The van der Waals surface area contributed by atoms with Crippen LogP contribution in [0.3, 0.4) is 0 Å². The predicted octanol–water partition coefficient (Wildman–Crippen LogP) is 6.56. The van der Waals surface area contributed by atoms with Crippen LogP contribution in [0.1, 0.15) is 85.8 Å². The Hall–Kier alpha value is -5.41. The van der Waals surface area contributed by atoms with Crippen molar-refractivity contribution in [3.63, 3.8) is 0 Å². The molecule has 0 saturated heterocycles. The zero-order valence-corrected chi connectivity index (χ0v) is 31.7. The van der Waals surface area contributed by atoms with Crippen LogP contribution < -0.4 is 10.0 Å². The molecule has 56 heavy (non-hydrogen) atoms. The maximum atomic E-state index is 15.6. The third-order valence-corrected chi connectivity index (χ3v) is 10.0. The average Bonchev–Trinajstić information content (AvgIpc) is 3.67. The lowest BCUT2D eigenvalue weighted by molar-refractivity contribution is -0.123. The van der Waals surface area contributed by atoms with Crippen LogP contribution in [0.25, 0.3) is 16.8 Å². The number of carbonyl (C=O) groups is 1. The van der Waals surface area contributed by atoms with E-state index in [1.54, 1.807) is 35.6 Å². The van der Waals surface area contributed by atoms with Gasteiger partial charge in [-0.3, -0.25) is 18.6 Å². The monoisotopic (exact) mass is 801 g/mol. The van der Waals surface area contributed by atoms with Gasteiger partial charge in [0.1, 0.15) is 46.7 Å². The van der Waals surface area contributed by atoms with E-state index in [4.69, 9.17) is 4.98 Å². The molecule has 1 aliphatic carbocycles. The van der Waals surface area contributed by atoms with Crippen molar-refractivity contribution < 1.29 is 44.7 Å². The lowest BCUT2D eigenvalue weighted by Gasteiger charge is -2.23. The molecule has 11 nitrogen and oxygen atoms in total. The number of rotatable bonds is 10. The Bertz CT molecular complexity index is 2520. The largest absolute Gasteiger partial charge is 0.378 e. The highest BCUT2D eigenvalue weighted by atomic mass is 32.2. The van der Waals surface area contributed by atoms with Crippen molar-refractivity contribution in [2.45, 2.75) is 77.5 Å². The summed E-state index contributed by atoms with van der Waals surface area (Å²) in [7, 11) is -3.76. The van der Waals surface area contributed by atoms with Gasteiger partial charge in [0.15, 0.2) is 5.82 Å². The number of alkyl halides is 4. The van der Waals surface area contributed by atoms with Gasteiger partial charge in [-0.1, -0.05) is 25.8 Å². The molecule has 1 amide bonds. The van der Waals surface area contributed by atoms with Gasteiger partial charge in [-0.2, -0.15) is 13.9 Å². The molecule has 0 aliphatic heterocycles. The first kappa shape index (κ1) is 40.3. The Kier molecular flexibility index (Phi) is 10.5. The Morgan fingerprint density at radius 1 is 1.05 bits per heavy atom. The standard InChI is InChI=1S/C38H37F6N7O4S/c1-19-20(2)38(43,44)34-31(19)33(35(41)42)48-50(34)18-30(52)47-27(16-22-14-23(39)17-24(40)15-22)32-26(11-10-25(46-32)12-13-37(4,5)53)28-8-7-9-29-36(49-56(6,54)55)45-21(3)51(28)29/h7-11,14-15,17,19-20,27,35,49,53H,16,18H2,1-6H3,(H,47,52)/t19-,20+,27-/m0/s1. The van der Waals surface area contributed by atoms with E-state index in [9.17, 15) is 35.9 Å². The molecule has 0 fully saturated rings. The molecule has 1 aromatic carbocycles. The number of aromatic nitrogens is 5. The van der Waals surface area contributed by atoms with Gasteiger partial charge < -0.3 is 10.4 Å². The van der Waals surface area contributed by atoms with E-state index in [0.29, 0.717) is 33.3 Å². The predicted molar refractivity (Wildman–Crippen MR) is 194 cm³/mol. The molecule has 0 unspecified atom stereocenters. The summed E-state index contributed by atoms with van der Waals surface area (Å²) >= 11 is 0. The molecule has 4 aromatic heterocycles. The summed E-state index contributed by atoms with van der Waals surface area (Å²) in [5.41, 5.74) is -2.22. The number of nitrogens with zero attached hydrogens (tertiary/aromatic N) is 5. The number of fused-ring (bicyclic) bond motifs is 2. The third-order valence-electron chi connectivity index (χ3n) is 9.45. The first-order valence-corrected chi connectivity index (χ1v) is 19.2. The van der Waals surface area contributed by atoms with E-state index in [-0.39, 0.29) is 34.8 Å². The number of aliphatic hydroxyl groups is 1. The van der Waals surface area contributed by atoms with Gasteiger partial charge >= 0.3 is 0 Å². The minimum Gasteiger partial charge on any atom is -0.378 e. The van der Waals surface area contributed by atoms with Crippen molar-refractivity contribution in [3.05, 3.63) is 99.9 Å². The maximum Gasteiger partial charge on any atom is 0.292 e. The Morgan fingerprint density at radius 3 is 2.36 bits per heavy atom. The third kappa shape index (κ3) is 8.10. The van der Waals surface area contributed by atoms with Crippen LogP contribution in [0, 0.1) is 36.3 Å². The number of anilines is 1. The van der Waals surface area contributed by atoms with E-state index >= 15 is 8.78 Å². The minimum absolute atomic E-state index is 0.0180. The van der Waals surface area contributed by atoms with Crippen LogP contribution in [-0.4, -0.2) is 55.4 Å². The van der Waals surface area contributed by atoms with E-state index in [1.807, 2.05) is 0 Å². The highest BCUT2D eigenvalue weighted by molar-refractivity contribution is 7.92. The van der Waals surface area contributed by atoms with E-state index in [0.717, 1.165) is 18.4 Å².